The van der Waals surface area contributed by atoms with Crippen LogP contribution in [0.1, 0.15) is 27.7 Å². The molecule has 1 rings (SSSR count). The van der Waals surface area contributed by atoms with Crippen LogP contribution in [0.25, 0.3) is 0 Å². The van der Waals surface area contributed by atoms with Crippen LogP contribution in [-0.2, 0) is 9.53 Å². The Labute approximate surface area is 157 Å². The molecule has 0 heterocycles. The number of carbonyl (C=O) groups excluding carboxylic acids is 2. The Morgan fingerprint density at radius 1 is 1.21 bits per heavy atom. The number of hydrogen-bond donors (Lipinski definition) is 1. The van der Waals surface area contributed by atoms with Gasteiger partial charge in [-0.3, -0.25) is 4.79 Å². The number of hydrogen-bond acceptors (Lipinski definition) is 4. The number of ether oxygens (including phenoxy) is 2. The van der Waals surface area contributed by atoms with Gasteiger partial charge in [0.1, 0.15) is 11.4 Å². The molecule has 24 heavy (non-hydrogen) atoms. The Hall–Kier alpha value is -1.51. The van der Waals surface area contributed by atoms with Gasteiger partial charge in [0.25, 0.3) is 5.91 Å². The van der Waals surface area contributed by atoms with Crippen molar-refractivity contribution in [3.63, 3.8) is 0 Å². The first kappa shape index (κ1) is 20.5. The van der Waals surface area contributed by atoms with Crippen LogP contribution in [0, 0.1) is 3.57 Å². The lowest BCUT2D eigenvalue weighted by atomic mass is 10.2. The van der Waals surface area contributed by atoms with E-state index in [9.17, 15) is 9.59 Å². The van der Waals surface area contributed by atoms with Gasteiger partial charge in [0.2, 0.25) is 0 Å². The third-order valence-electron chi connectivity index (χ3n) is 2.92. The van der Waals surface area contributed by atoms with Crippen molar-refractivity contribution in [2.45, 2.75) is 33.3 Å². The van der Waals surface area contributed by atoms with Crippen LogP contribution in [0.5, 0.6) is 5.75 Å². The molecule has 0 saturated heterocycles. The summed E-state index contributed by atoms with van der Waals surface area (Å²) >= 11 is 2.20. The summed E-state index contributed by atoms with van der Waals surface area (Å²) in [6.07, 6.45) is -0.380. The normalized spacial score (nSPS) is 10.9. The maximum Gasteiger partial charge on any atom is 0.410 e. The minimum atomic E-state index is -0.533. The molecular formula is C17H25IN2O4. The second kappa shape index (κ2) is 9.71. The van der Waals surface area contributed by atoms with Crippen LogP contribution in [0.15, 0.2) is 24.3 Å². The third kappa shape index (κ3) is 8.37. The maximum absolute atomic E-state index is 12.0. The number of amides is 2. The molecule has 0 aliphatic carbocycles. The molecule has 2 amide bonds. The molecule has 0 aliphatic heterocycles. The van der Waals surface area contributed by atoms with Crippen LogP contribution in [-0.4, -0.2) is 48.7 Å². The summed E-state index contributed by atoms with van der Waals surface area (Å²) in [6.45, 7) is 8.53. The second-order valence-electron chi connectivity index (χ2n) is 6.15. The number of carbonyl (C=O) groups is 2. The predicted molar refractivity (Wildman–Crippen MR) is 101 cm³/mol. The average molecular weight is 448 g/mol. The first-order chi connectivity index (χ1) is 11.2. The quantitative estimate of drug-likeness (QED) is 0.652. The van der Waals surface area contributed by atoms with Gasteiger partial charge in [0.05, 0.1) is 0 Å². The number of nitrogens with one attached hydrogen (secondary N) is 1. The fourth-order valence-electron chi connectivity index (χ4n) is 1.77. The SMILES string of the molecule is CCN(CCNC(=O)COc1ccc(I)cc1)C(=O)OC(C)(C)C. The van der Waals surface area contributed by atoms with E-state index in [2.05, 4.69) is 27.9 Å². The van der Waals surface area contributed by atoms with E-state index in [-0.39, 0.29) is 18.6 Å². The minimum Gasteiger partial charge on any atom is -0.484 e. The van der Waals surface area contributed by atoms with E-state index in [1.165, 1.54) is 0 Å². The Kier molecular flexibility index (Phi) is 8.30. The predicted octanol–water partition coefficient (Wildman–Crippen LogP) is 3.04. The highest BCUT2D eigenvalue weighted by atomic mass is 127. The Balaban J connectivity index is 2.30. The highest BCUT2D eigenvalue weighted by Gasteiger charge is 2.20. The molecule has 1 aromatic carbocycles. The van der Waals surface area contributed by atoms with Crippen LogP contribution in [0.3, 0.4) is 0 Å². The van der Waals surface area contributed by atoms with Crippen LogP contribution in [0.4, 0.5) is 4.79 Å². The van der Waals surface area contributed by atoms with Gasteiger partial charge in [0, 0.05) is 23.2 Å². The summed E-state index contributed by atoms with van der Waals surface area (Å²) < 4.78 is 11.8. The summed E-state index contributed by atoms with van der Waals surface area (Å²) in [5.41, 5.74) is -0.533. The molecule has 0 fully saturated rings. The number of benzene rings is 1. The van der Waals surface area contributed by atoms with Crippen molar-refractivity contribution < 1.29 is 19.1 Å². The lowest BCUT2D eigenvalue weighted by Crippen LogP contribution is -2.42. The third-order valence-corrected chi connectivity index (χ3v) is 3.64. The highest BCUT2D eigenvalue weighted by molar-refractivity contribution is 14.1. The van der Waals surface area contributed by atoms with Gasteiger partial charge in [0.15, 0.2) is 6.61 Å². The van der Waals surface area contributed by atoms with Gasteiger partial charge in [-0.2, -0.15) is 0 Å². The summed E-state index contributed by atoms with van der Waals surface area (Å²) in [5.74, 6) is 0.420. The van der Waals surface area contributed by atoms with Gasteiger partial charge in [-0.25, -0.2) is 4.79 Å². The maximum atomic E-state index is 12.0. The monoisotopic (exact) mass is 448 g/mol. The summed E-state index contributed by atoms with van der Waals surface area (Å²) in [5, 5.41) is 2.73. The smallest absolute Gasteiger partial charge is 0.410 e. The van der Waals surface area contributed by atoms with Gasteiger partial charge in [-0.05, 0) is 74.6 Å². The van der Waals surface area contributed by atoms with Crippen molar-refractivity contribution in [3.8, 4) is 5.75 Å². The van der Waals surface area contributed by atoms with Crippen molar-refractivity contribution in [2.75, 3.05) is 26.2 Å². The molecule has 0 unspecified atom stereocenters. The topological polar surface area (TPSA) is 67.9 Å². The summed E-state index contributed by atoms with van der Waals surface area (Å²) in [4.78, 5) is 25.3. The van der Waals surface area contributed by atoms with Crippen LogP contribution >= 0.6 is 22.6 Å². The van der Waals surface area contributed by atoms with Gasteiger partial charge >= 0.3 is 6.09 Å². The van der Waals surface area contributed by atoms with E-state index in [1.807, 2.05) is 52.0 Å². The molecule has 1 aromatic rings. The molecule has 0 bridgehead atoms. The second-order valence-corrected chi connectivity index (χ2v) is 7.40. The summed E-state index contributed by atoms with van der Waals surface area (Å²) in [6, 6.07) is 7.45. The molecule has 0 aromatic heterocycles. The molecule has 7 heteroatoms. The Morgan fingerprint density at radius 3 is 2.38 bits per heavy atom. The average Bonchev–Trinajstić information content (AvgIpc) is 2.49. The zero-order valence-corrected chi connectivity index (χ0v) is 16.8. The molecule has 6 nitrogen and oxygen atoms in total. The lowest BCUT2D eigenvalue weighted by Gasteiger charge is -2.26. The number of nitrogens with zero attached hydrogens (tertiary/aromatic N) is 1. The van der Waals surface area contributed by atoms with Crippen LogP contribution in [0.2, 0.25) is 0 Å². The minimum absolute atomic E-state index is 0.0564. The molecular weight excluding hydrogens is 423 g/mol. The van der Waals surface area contributed by atoms with E-state index in [0.717, 1.165) is 3.57 Å². The van der Waals surface area contributed by atoms with E-state index in [4.69, 9.17) is 9.47 Å². The van der Waals surface area contributed by atoms with Crippen molar-refractivity contribution in [1.29, 1.82) is 0 Å². The van der Waals surface area contributed by atoms with Crippen molar-refractivity contribution in [1.82, 2.24) is 10.2 Å². The van der Waals surface area contributed by atoms with E-state index in [1.54, 1.807) is 4.90 Å². The molecule has 0 spiro atoms. The Morgan fingerprint density at radius 2 is 1.83 bits per heavy atom. The molecule has 0 radical (unpaired) electrons. The largest absolute Gasteiger partial charge is 0.484 e. The first-order valence-electron chi connectivity index (χ1n) is 7.84. The number of likely N-dealkylation sites (N-methyl/N-ethyl adjacent to an activating group) is 1. The molecule has 0 atom stereocenters. The van der Waals surface area contributed by atoms with Gasteiger partial charge in [-0.1, -0.05) is 0 Å². The molecule has 0 saturated carbocycles. The zero-order valence-electron chi connectivity index (χ0n) is 14.6. The van der Waals surface area contributed by atoms with Gasteiger partial charge < -0.3 is 19.7 Å². The first-order valence-corrected chi connectivity index (χ1v) is 8.92. The molecule has 0 aliphatic rings. The lowest BCUT2D eigenvalue weighted by molar-refractivity contribution is -0.123. The Bertz CT molecular complexity index is 541. The molecule has 1 N–H and O–H groups in total. The number of rotatable bonds is 7. The van der Waals surface area contributed by atoms with Crippen molar-refractivity contribution in [3.05, 3.63) is 27.8 Å². The summed E-state index contributed by atoms with van der Waals surface area (Å²) in [7, 11) is 0. The highest BCUT2D eigenvalue weighted by Crippen LogP contribution is 2.13. The number of halogens is 1. The fraction of sp³-hybridized carbons (Fsp3) is 0.529. The van der Waals surface area contributed by atoms with E-state index in [0.29, 0.717) is 25.4 Å². The van der Waals surface area contributed by atoms with Crippen molar-refractivity contribution in [2.24, 2.45) is 0 Å². The van der Waals surface area contributed by atoms with Crippen LogP contribution < -0.4 is 10.1 Å². The van der Waals surface area contributed by atoms with Crippen molar-refractivity contribution >= 4 is 34.6 Å². The van der Waals surface area contributed by atoms with Gasteiger partial charge in [-0.15, -0.1) is 0 Å². The van der Waals surface area contributed by atoms with E-state index >= 15 is 0 Å². The fourth-order valence-corrected chi connectivity index (χ4v) is 2.13. The standard InChI is InChI=1S/C17H25IN2O4/c1-5-20(16(22)24-17(2,3)4)11-10-19-15(21)12-23-14-8-6-13(18)7-9-14/h6-9H,5,10-12H2,1-4H3,(H,19,21). The zero-order chi connectivity index (χ0) is 18.2. The van der Waals surface area contributed by atoms with E-state index < -0.39 is 5.60 Å². The molecule has 134 valence electrons.